The molecule has 0 spiro atoms. The summed E-state index contributed by atoms with van der Waals surface area (Å²) in [6.07, 6.45) is 45.6. The van der Waals surface area contributed by atoms with Gasteiger partial charge < -0.3 is 34.3 Å². The summed E-state index contributed by atoms with van der Waals surface area (Å²) in [7, 11) is -5.07. The van der Waals surface area contributed by atoms with E-state index < -0.39 is 59.8 Å². The molecule has 0 aromatic carbocycles. The van der Waals surface area contributed by atoms with Crippen LogP contribution in [0.3, 0.4) is 0 Å². The van der Waals surface area contributed by atoms with E-state index in [1.54, 1.807) is 0 Å². The molecule has 1 heterocycles. The summed E-state index contributed by atoms with van der Waals surface area (Å²) in [5.41, 5.74) is 0. The van der Waals surface area contributed by atoms with Gasteiger partial charge in [-0.15, -0.1) is 0 Å². The first-order valence-corrected chi connectivity index (χ1v) is 27.8. The average Bonchev–Trinajstić information content (AvgIpc) is 3.29. The van der Waals surface area contributed by atoms with Crippen molar-refractivity contribution >= 4 is 16.4 Å². The highest BCUT2D eigenvalue weighted by Crippen LogP contribution is 2.26. The summed E-state index contributed by atoms with van der Waals surface area (Å²) in [5.74, 6) is -0.407. The molecule has 12 nitrogen and oxygen atoms in total. The van der Waals surface area contributed by atoms with E-state index in [0.717, 1.165) is 57.8 Å². The number of ether oxygens (including phenoxy) is 4. The van der Waals surface area contributed by atoms with Gasteiger partial charge in [-0.25, -0.2) is 4.18 Å². The van der Waals surface area contributed by atoms with Crippen molar-refractivity contribution in [3.05, 3.63) is 48.6 Å². The van der Waals surface area contributed by atoms with E-state index in [-0.39, 0.29) is 19.6 Å². The number of unbranched alkanes of at least 4 members (excludes halogenated alkanes) is 25. The number of carbonyl (C=O) groups excluding carboxylic acids is 1. The highest BCUT2D eigenvalue weighted by molar-refractivity contribution is 7.80. The molecule has 1 fully saturated rings. The lowest BCUT2D eigenvalue weighted by Gasteiger charge is -2.41. The lowest BCUT2D eigenvalue weighted by atomic mass is 9.99. The maximum atomic E-state index is 12.9. The van der Waals surface area contributed by atoms with Gasteiger partial charge in [0.2, 0.25) is 0 Å². The first-order valence-electron chi connectivity index (χ1n) is 26.4. The fourth-order valence-electron chi connectivity index (χ4n) is 7.91. The van der Waals surface area contributed by atoms with Crippen LogP contribution in [0.1, 0.15) is 219 Å². The van der Waals surface area contributed by atoms with Crippen LogP contribution in [0.15, 0.2) is 48.6 Å². The fraction of sp³-hybridized carbons (Fsp3) is 0.830. The molecule has 1 aliphatic rings. The second-order valence-electron chi connectivity index (χ2n) is 18.1. The Labute approximate surface area is 402 Å². The van der Waals surface area contributed by atoms with Gasteiger partial charge in [-0.2, -0.15) is 8.42 Å². The SMILES string of the molecule is CCCCC/C=C\C/C=C\CCCCCCCCCC(=O)OC(COCCCCCCCCCCCC/C=C\C/C=C\CCCCCCC)COC1OC(CO)C(O)C(OS(=O)(=O)O)C1O. The van der Waals surface area contributed by atoms with Crippen molar-refractivity contribution in [1.29, 1.82) is 0 Å². The Balaban J connectivity index is 2.35. The van der Waals surface area contributed by atoms with Gasteiger partial charge in [0.05, 0.1) is 19.8 Å². The van der Waals surface area contributed by atoms with E-state index in [4.69, 9.17) is 18.9 Å². The quantitative estimate of drug-likeness (QED) is 0.0197. The first-order chi connectivity index (χ1) is 32.1. The summed E-state index contributed by atoms with van der Waals surface area (Å²) in [6, 6.07) is 0. The highest BCUT2D eigenvalue weighted by Gasteiger charge is 2.48. The van der Waals surface area contributed by atoms with Crippen molar-refractivity contribution in [2.75, 3.05) is 26.4 Å². The highest BCUT2D eigenvalue weighted by atomic mass is 32.3. The van der Waals surface area contributed by atoms with Gasteiger partial charge in [-0.05, 0) is 77.0 Å². The largest absolute Gasteiger partial charge is 0.457 e. The molecule has 0 aliphatic carbocycles. The summed E-state index contributed by atoms with van der Waals surface area (Å²) in [5, 5.41) is 30.8. The molecule has 386 valence electrons. The van der Waals surface area contributed by atoms with Gasteiger partial charge >= 0.3 is 16.4 Å². The van der Waals surface area contributed by atoms with Crippen LogP contribution in [-0.4, -0.2) is 97.5 Å². The Kier molecular flexibility index (Phi) is 41.6. The molecule has 0 aromatic heterocycles. The molecule has 0 radical (unpaired) electrons. The van der Waals surface area contributed by atoms with Crippen LogP contribution < -0.4 is 0 Å². The summed E-state index contributed by atoms with van der Waals surface area (Å²) >= 11 is 0. The Morgan fingerprint density at radius 3 is 1.47 bits per heavy atom. The molecule has 13 heteroatoms. The van der Waals surface area contributed by atoms with Gasteiger partial charge in [-0.1, -0.05) is 184 Å². The zero-order valence-corrected chi connectivity index (χ0v) is 42.3. The van der Waals surface area contributed by atoms with Crippen LogP contribution in [0.5, 0.6) is 0 Å². The van der Waals surface area contributed by atoms with Crippen molar-refractivity contribution < 1.29 is 56.2 Å². The summed E-state index contributed by atoms with van der Waals surface area (Å²) in [6.45, 7) is 3.96. The topological polar surface area (TPSA) is 178 Å². The van der Waals surface area contributed by atoms with E-state index in [1.165, 1.54) is 135 Å². The van der Waals surface area contributed by atoms with Gasteiger partial charge in [-0.3, -0.25) is 9.35 Å². The number of hydrogen-bond acceptors (Lipinski definition) is 11. The Bertz CT molecular complexity index is 1340. The standard InChI is InChI=1S/C53H96O12S/c1-3-5-7-9-11-13-15-17-19-21-22-23-24-25-27-29-31-33-35-37-39-41-43-61-45-47(46-62-53-51(57)52(65-66(58,59)60)50(56)48(44-54)64-53)63-49(55)42-40-38-36-34-32-30-28-26-20-18-16-14-12-10-8-6-4-2/h12,14-15,17-18,20-22,47-48,50-54,56-57H,3-11,13,16,19,23-46H2,1-2H3,(H,58,59,60)/b14-12-,17-15-,20-18-,22-21-. The van der Waals surface area contributed by atoms with Crippen molar-refractivity contribution in [3.63, 3.8) is 0 Å². The number of aliphatic hydroxyl groups is 3. The predicted octanol–water partition coefficient (Wildman–Crippen LogP) is 12.3. The minimum atomic E-state index is -5.07. The Morgan fingerprint density at radius 2 is 1.00 bits per heavy atom. The van der Waals surface area contributed by atoms with Crippen molar-refractivity contribution in [3.8, 4) is 0 Å². The molecule has 0 saturated carbocycles. The van der Waals surface area contributed by atoms with Gasteiger partial charge in [0, 0.05) is 13.0 Å². The number of carbonyl (C=O) groups is 1. The molecule has 4 N–H and O–H groups in total. The number of allylic oxidation sites excluding steroid dienone is 8. The smallest absolute Gasteiger partial charge is 0.397 e. The monoisotopic (exact) mass is 957 g/mol. The number of hydrogen-bond donors (Lipinski definition) is 4. The van der Waals surface area contributed by atoms with Gasteiger partial charge in [0.1, 0.15) is 30.5 Å². The molecule has 0 amide bonds. The van der Waals surface area contributed by atoms with E-state index in [2.05, 4.69) is 66.6 Å². The Morgan fingerprint density at radius 1 is 0.576 bits per heavy atom. The number of aliphatic hydroxyl groups excluding tert-OH is 3. The molecule has 0 bridgehead atoms. The summed E-state index contributed by atoms with van der Waals surface area (Å²) in [4.78, 5) is 12.9. The molecule has 6 atom stereocenters. The fourth-order valence-corrected chi connectivity index (χ4v) is 8.42. The summed E-state index contributed by atoms with van der Waals surface area (Å²) < 4.78 is 59.3. The minimum Gasteiger partial charge on any atom is -0.457 e. The normalized spacial score (nSPS) is 19.9. The van der Waals surface area contributed by atoms with Crippen LogP contribution in [0.2, 0.25) is 0 Å². The third-order valence-electron chi connectivity index (χ3n) is 11.9. The Hall–Kier alpha value is -1.94. The molecule has 1 rings (SSSR count). The molecular weight excluding hydrogens is 861 g/mol. The van der Waals surface area contributed by atoms with Gasteiger partial charge in [0.15, 0.2) is 6.29 Å². The number of esters is 1. The lowest BCUT2D eigenvalue weighted by Crippen LogP contribution is -2.60. The second-order valence-corrected chi connectivity index (χ2v) is 19.2. The maximum Gasteiger partial charge on any atom is 0.397 e. The average molecular weight is 957 g/mol. The van der Waals surface area contributed by atoms with E-state index in [1.807, 2.05) is 0 Å². The predicted molar refractivity (Wildman–Crippen MR) is 266 cm³/mol. The van der Waals surface area contributed by atoms with Crippen molar-refractivity contribution in [2.45, 2.75) is 256 Å². The van der Waals surface area contributed by atoms with Crippen LogP contribution in [0.4, 0.5) is 0 Å². The zero-order valence-electron chi connectivity index (χ0n) is 41.5. The van der Waals surface area contributed by atoms with E-state index in [9.17, 15) is 33.1 Å². The van der Waals surface area contributed by atoms with Crippen LogP contribution >= 0.6 is 0 Å². The molecule has 66 heavy (non-hydrogen) atoms. The molecular formula is C53H96O12S. The lowest BCUT2D eigenvalue weighted by molar-refractivity contribution is -0.301. The van der Waals surface area contributed by atoms with Crippen LogP contribution in [-0.2, 0) is 38.3 Å². The first kappa shape index (κ1) is 62.1. The van der Waals surface area contributed by atoms with Gasteiger partial charge in [0.25, 0.3) is 0 Å². The van der Waals surface area contributed by atoms with Crippen LogP contribution in [0, 0.1) is 0 Å². The second kappa shape index (κ2) is 44.3. The molecule has 1 saturated heterocycles. The van der Waals surface area contributed by atoms with E-state index >= 15 is 0 Å². The zero-order chi connectivity index (χ0) is 48.2. The number of rotatable bonds is 46. The van der Waals surface area contributed by atoms with Crippen LogP contribution in [0.25, 0.3) is 0 Å². The van der Waals surface area contributed by atoms with Crippen molar-refractivity contribution in [2.24, 2.45) is 0 Å². The van der Waals surface area contributed by atoms with E-state index in [0.29, 0.717) is 13.0 Å². The molecule has 0 aromatic rings. The third kappa shape index (κ3) is 37.0. The molecule has 1 aliphatic heterocycles. The molecule has 6 unspecified atom stereocenters. The minimum absolute atomic E-state index is 0.0303. The van der Waals surface area contributed by atoms with Crippen molar-refractivity contribution in [1.82, 2.24) is 0 Å². The third-order valence-corrected chi connectivity index (χ3v) is 12.4. The maximum absolute atomic E-state index is 12.9.